The van der Waals surface area contributed by atoms with Crippen molar-refractivity contribution in [2.45, 2.75) is 13.0 Å². The van der Waals surface area contributed by atoms with Crippen molar-refractivity contribution in [2.75, 3.05) is 32.7 Å². The third-order valence-corrected chi connectivity index (χ3v) is 4.42. The quantitative estimate of drug-likeness (QED) is 0.833. The van der Waals surface area contributed by atoms with Crippen molar-refractivity contribution in [3.8, 4) is 0 Å². The van der Waals surface area contributed by atoms with Crippen LogP contribution in [0, 0.1) is 0 Å². The molecule has 122 valence electrons. The number of carbonyl (C=O) groups is 1. The van der Waals surface area contributed by atoms with Gasteiger partial charge in [0.25, 0.3) is 0 Å². The van der Waals surface area contributed by atoms with Crippen molar-refractivity contribution < 1.29 is 9.90 Å². The van der Waals surface area contributed by atoms with Crippen LogP contribution in [0.4, 0.5) is 0 Å². The highest BCUT2D eigenvalue weighted by Gasteiger charge is 2.31. The molecule has 23 heavy (non-hydrogen) atoms. The standard InChI is InChI=1S/C18H23N3O2/c1-13(2)12-20-7-9-21(10-8-20)17(18(22)23)15-11-19-16-6-4-3-5-14(15)16/h3-6,11,17,19H,1,7-10,12H2,2H3,(H,22,23)/t17-/m0/s1. The second kappa shape index (κ2) is 6.56. The van der Waals surface area contributed by atoms with Gasteiger partial charge in [-0.2, -0.15) is 0 Å². The third-order valence-electron chi connectivity index (χ3n) is 4.42. The highest BCUT2D eigenvalue weighted by molar-refractivity contribution is 5.89. The van der Waals surface area contributed by atoms with Gasteiger partial charge >= 0.3 is 5.97 Å². The highest BCUT2D eigenvalue weighted by Crippen LogP contribution is 2.29. The van der Waals surface area contributed by atoms with Gasteiger partial charge < -0.3 is 10.1 Å². The number of rotatable bonds is 5. The van der Waals surface area contributed by atoms with Gasteiger partial charge in [-0.3, -0.25) is 14.6 Å². The topological polar surface area (TPSA) is 59.6 Å². The summed E-state index contributed by atoms with van der Waals surface area (Å²) >= 11 is 0. The Morgan fingerprint density at radius 1 is 1.30 bits per heavy atom. The van der Waals surface area contributed by atoms with E-state index in [-0.39, 0.29) is 0 Å². The molecule has 0 radical (unpaired) electrons. The second-order valence-corrected chi connectivity index (χ2v) is 6.30. The average molecular weight is 313 g/mol. The van der Waals surface area contributed by atoms with E-state index in [0.717, 1.165) is 54.8 Å². The zero-order chi connectivity index (χ0) is 16.4. The number of aromatic amines is 1. The van der Waals surface area contributed by atoms with E-state index in [1.165, 1.54) is 0 Å². The van der Waals surface area contributed by atoms with Gasteiger partial charge in [-0.25, -0.2) is 0 Å². The Balaban J connectivity index is 1.81. The minimum absolute atomic E-state index is 0.599. The number of para-hydroxylation sites is 1. The highest BCUT2D eigenvalue weighted by atomic mass is 16.4. The van der Waals surface area contributed by atoms with Crippen LogP contribution in [0.5, 0.6) is 0 Å². The molecule has 2 aromatic rings. The molecule has 0 spiro atoms. The Morgan fingerprint density at radius 3 is 2.65 bits per heavy atom. The molecule has 1 aliphatic heterocycles. The van der Waals surface area contributed by atoms with Crippen LogP contribution in [0.2, 0.25) is 0 Å². The molecule has 3 rings (SSSR count). The molecule has 5 nitrogen and oxygen atoms in total. The second-order valence-electron chi connectivity index (χ2n) is 6.30. The van der Waals surface area contributed by atoms with Gasteiger partial charge in [0, 0.05) is 55.4 Å². The zero-order valence-corrected chi connectivity index (χ0v) is 13.5. The van der Waals surface area contributed by atoms with E-state index in [4.69, 9.17) is 0 Å². The summed E-state index contributed by atoms with van der Waals surface area (Å²) in [7, 11) is 0. The van der Waals surface area contributed by atoms with Crippen molar-refractivity contribution in [3.05, 3.63) is 48.2 Å². The van der Waals surface area contributed by atoms with Crippen LogP contribution in [0.1, 0.15) is 18.5 Å². The number of carboxylic acid groups (broad SMARTS) is 1. The number of hydrogen-bond acceptors (Lipinski definition) is 3. The number of piperazine rings is 1. The fourth-order valence-electron chi connectivity index (χ4n) is 3.37. The van der Waals surface area contributed by atoms with Gasteiger partial charge in [0.2, 0.25) is 0 Å². The summed E-state index contributed by atoms with van der Waals surface area (Å²) < 4.78 is 0. The van der Waals surface area contributed by atoms with Crippen LogP contribution in [0.15, 0.2) is 42.6 Å². The first-order valence-electron chi connectivity index (χ1n) is 7.96. The number of nitrogens with one attached hydrogen (secondary N) is 1. The minimum atomic E-state index is -0.789. The van der Waals surface area contributed by atoms with Gasteiger partial charge in [0.15, 0.2) is 0 Å². The molecular formula is C18H23N3O2. The van der Waals surface area contributed by atoms with Crippen molar-refractivity contribution in [2.24, 2.45) is 0 Å². The summed E-state index contributed by atoms with van der Waals surface area (Å²) in [4.78, 5) is 19.5. The molecule has 1 fully saturated rings. The summed E-state index contributed by atoms with van der Waals surface area (Å²) in [6, 6.07) is 7.26. The maximum absolute atomic E-state index is 11.9. The molecule has 1 atom stereocenters. The Hall–Kier alpha value is -2.11. The maximum Gasteiger partial charge on any atom is 0.325 e. The normalized spacial score (nSPS) is 18.1. The van der Waals surface area contributed by atoms with Gasteiger partial charge in [-0.15, -0.1) is 0 Å². The molecule has 2 N–H and O–H groups in total. The van der Waals surface area contributed by atoms with Crippen molar-refractivity contribution >= 4 is 16.9 Å². The molecule has 0 amide bonds. The predicted molar refractivity (Wildman–Crippen MR) is 91.5 cm³/mol. The summed E-state index contributed by atoms with van der Waals surface area (Å²) in [5.74, 6) is -0.789. The van der Waals surface area contributed by atoms with Crippen LogP contribution >= 0.6 is 0 Å². The van der Waals surface area contributed by atoms with Gasteiger partial charge in [0.05, 0.1) is 0 Å². The van der Waals surface area contributed by atoms with Gasteiger partial charge in [-0.05, 0) is 13.0 Å². The monoisotopic (exact) mass is 313 g/mol. The van der Waals surface area contributed by atoms with E-state index in [9.17, 15) is 9.90 Å². The number of carboxylic acids is 1. The molecule has 2 heterocycles. The van der Waals surface area contributed by atoms with E-state index >= 15 is 0 Å². The molecule has 1 aromatic carbocycles. The van der Waals surface area contributed by atoms with Crippen LogP contribution < -0.4 is 0 Å². The molecule has 0 unspecified atom stereocenters. The first kappa shape index (κ1) is 15.8. The van der Waals surface area contributed by atoms with Crippen LogP contribution in [-0.2, 0) is 4.79 Å². The van der Waals surface area contributed by atoms with E-state index in [0.29, 0.717) is 0 Å². The molecule has 1 aliphatic rings. The van der Waals surface area contributed by atoms with E-state index in [1.54, 1.807) is 0 Å². The maximum atomic E-state index is 11.9. The summed E-state index contributed by atoms with van der Waals surface area (Å²) in [5, 5.41) is 10.8. The molecule has 0 aliphatic carbocycles. The first-order valence-corrected chi connectivity index (χ1v) is 7.96. The number of fused-ring (bicyclic) bond motifs is 1. The summed E-state index contributed by atoms with van der Waals surface area (Å²) in [5.41, 5.74) is 2.97. The summed E-state index contributed by atoms with van der Waals surface area (Å²) in [6.07, 6.45) is 1.84. The Labute approximate surface area is 136 Å². The number of benzene rings is 1. The SMILES string of the molecule is C=C(C)CN1CCN([C@H](C(=O)O)c2c[nH]c3ccccc23)CC1. The van der Waals surface area contributed by atoms with E-state index in [1.807, 2.05) is 37.4 Å². The molecule has 1 saturated heterocycles. The predicted octanol–water partition coefficient (Wildman–Crippen LogP) is 2.49. The number of aromatic nitrogens is 1. The fraction of sp³-hybridized carbons (Fsp3) is 0.389. The lowest BCUT2D eigenvalue weighted by Gasteiger charge is -2.37. The largest absolute Gasteiger partial charge is 0.480 e. The summed E-state index contributed by atoms with van der Waals surface area (Å²) in [6.45, 7) is 10.1. The molecule has 1 aromatic heterocycles. The minimum Gasteiger partial charge on any atom is -0.480 e. The molecular weight excluding hydrogens is 290 g/mol. The van der Waals surface area contributed by atoms with E-state index in [2.05, 4.69) is 21.4 Å². The zero-order valence-electron chi connectivity index (χ0n) is 13.5. The van der Waals surface area contributed by atoms with Gasteiger partial charge in [-0.1, -0.05) is 30.4 Å². The Bertz CT molecular complexity index is 714. The lowest BCUT2D eigenvalue weighted by atomic mass is 10.0. The van der Waals surface area contributed by atoms with Crippen LogP contribution in [-0.4, -0.2) is 58.6 Å². The Morgan fingerprint density at radius 2 is 2.00 bits per heavy atom. The lowest BCUT2D eigenvalue weighted by Crippen LogP contribution is -2.49. The molecule has 5 heteroatoms. The molecule has 0 bridgehead atoms. The number of aliphatic carboxylic acids is 1. The van der Waals surface area contributed by atoms with Crippen LogP contribution in [0.3, 0.4) is 0 Å². The smallest absolute Gasteiger partial charge is 0.325 e. The number of nitrogens with zero attached hydrogens (tertiary/aromatic N) is 2. The first-order chi connectivity index (χ1) is 11.1. The Kier molecular flexibility index (Phi) is 4.50. The third kappa shape index (κ3) is 3.30. The lowest BCUT2D eigenvalue weighted by molar-refractivity contribution is -0.144. The van der Waals surface area contributed by atoms with E-state index < -0.39 is 12.0 Å². The number of H-pyrrole nitrogens is 1. The van der Waals surface area contributed by atoms with Crippen LogP contribution in [0.25, 0.3) is 10.9 Å². The van der Waals surface area contributed by atoms with Crippen molar-refractivity contribution in [1.29, 1.82) is 0 Å². The molecule has 0 saturated carbocycles. The van der Waals surface area contributed by atoms with Crippen molar-refractivity contribution in [3.63, 3.8) is 0 Å². The van der Waals surface area contributed by atoms with Crippen molar-refractivity contribution in [1.82, 2.24) is 14.8 Å². The fourth-order valence-corrected chi connectivity index (χ4v) is 3.37. The average Bonchev–Trinajstić information content (AvgIpc) is 2.92. The number of hydrogen-bond donors (Lipinski definition) is 2. The van der Waals surface area contributed by atoms with Gasteiger partial charge in [0.1, 0.15) is 6.04 Å².